The van der Waals surface area contributed by atoms with Crippen LogP contribution in [0, 0.1) is 0 Å². The van der Waals surface area contributed by atoms with E-state index in [-0.39, 0.29) is 11.9 Å². The third-order valence-electron chi connectivity index (χ3n) is 4.38. The molecule has 0 saturated heterocycles. The molecule has 0 radical (unpaired) electrons. The van der Waals surface area contributed by atoms with Gasteiger partial charge in [0.25, 0.3) is 0 Å². The molecule has 0 unspecified atom stereocenters. The van der Waals surface area contributed by atoms with Gasteiger partial charge in [-0.3, -0.25) is 4.79 Å². The Balaban J connectivity index is 1.32. The van der Waals surface area contributed by atoms with Crippen LogP contribution in [0.3, 0.4) is 0 Å². The van der Waals surface area contributed by atoms with Crippen LogP contribution >= 0.6 is 0 Å². The van der Waals surface area contributed by atoms with Crippen LogP contribution in [0.2, 0.25) is 0 Å². The zero-order chi connectivity index (χ0) is 15.6. The Hall–Kier alpha value is -2.56. The predicted octanol–water partition coefficient (Wildman–Crippen LogP) is 2.69. The average Bonchev–Trinajstić information content (AvgIpc) is 3.18. The van der Waals surface area contributed by atoms with Gasteiger partial charge in [-0.1, -0.05) is 18.2 Å². The molecule has 3 aromatic rings. The Bertz CT molecular complexity index is 801. The van der Waals surface area contributed by atoms with Crippen LogP contribution in [-0.4, -0.2) is 21.5 Å². The second kappa shape index (κ2) is 5.91. The van der Waals surface area contributed by atoms with Crippen molar-refractivity contribution in [3.05, 3.63) is 54.3 Å². The van der Waals surface area contributed by atoms with Gasteiger partial charge in [-0.25, -0.2) is 4.98 Å². The van der Waals surface area contributed by atoms with Crippen LogP contribution < -0.4 is 5.32 Å². The number of rotatable bonds is 4. The van der Waals surface area contributed by atoms with Crippen molar-refractivity contribution >= 4 is 16.9 Å². The summed E-state index contributed by atoms with van der Waals surface area (Å²) in [5, 5.41) is 4.21. The molecule has 3 heterocycles. The maximum atomic E-state index is 12.2. The van der Waals surface area contributed by atoms with E-state index in [0.29, 0.717) is 12.8 Å². The number of aromatic nitrogens is 2. The lowest BCUT2D eigenvalue weighted by atomic mass is 10.1. The Morgan fingerprint density at radius 1 is 1.39 bits per heavy atom. The second-order valence-electron chi connectivity index (χ2n) is 6.05. The van der Waals surface area contributed by atoms with Crippen molar-refractivity contribution in [3.63, 3.8) is 0 Å². The van der Waals surface area contributed by atoms with Crippen molar-refractivity contribution in [2.24, 2.45) is 0 Å². The summed E-state index contributed by atoms with van der Waals surface area (Å²) in [6.07, 6.45) is 6.74. The lowest BCUT2D eigenvalue weighted by Gasteiger charge is -2.24. The number of nitrogens with one attached hydrogen (secondary N) is 1. The van der Waals surface area contributed by atoms with Crippen molar-refractivity contribution in [1.82, 2.24) is 14.9 Å². The minimum atomic E-state index is 0.0824. The monoisotopic (exact) mass is 309 g/mol. The van der Waals surface area contributed by atoms with Crippen molar-refractivity contribution in [2.75, 3.05) is 0 Å². The molecule has 1 atom stereocenters. The fourth-order valence-electron chi connectivity index (χ4n) is 3.18. The van der Waals surface area contributed by atoms with E-state index < -0.39 is 0 Å². The van der Waals surface area contributed by atoms with Crippen LogP contribution in [0.4, 0.5) is 0 Å². The van der Waals surface area contributed by atoms with Crippen LogP contribution in [0.1, 0.15) is 24.4 Å². The Labute approximate surface area is 134 Å². The number of amides is 1. The lowest BCUT2D eigenvalue weighted by molar-refractivity contribution is -0.122. The molecule has 0 aliphatic carbocycles. The second-order valence-corrected chi connectivity index (χ2v) is 6.05. The van der Waals surface area contributed by atoms with Crippen molar-refractivity contribution in [3.8, 4) is 0 Å². The maximum Gasteiger partial charge on any atom is 0.220 e. The topological polar surface area (TPSA) is 60.1 Å². The van der Waals surface area contributed by atoms with Gasteiger partial charge in [0, 0.05) is 49.6 Å². The summed E-state index contributed by atoms with van der Waals surface area (Å²) in [5.74, 6) is 2.05. The lowest BCUT2D eigenvalue weighted by Crippen LogP contribution is -2.40. The minimum absolute atomic E-state index is 0.0824. The number of imidazole rings is 1. The number of fused-ring (bicyclic) bond motifs is 2. The zero-order valence-electron chi connectivity index (χ0n) is 12.9. The number of hydrogen-bond acceptors (Lipinski definition) is 3. The zero-order valence-corrected chi connectivity index (χ0v) is 12.9. The van der Waals surface area contributed by atoms with Gasteiger partial charge in [0.1, 0.15) is 17.2 Å². The van der Waals surface area contributed by atoms with Gasteiger partial charge in [0.15, 0.2) is 0 Å². The summed E-state index contributed by atoms with van der Waals surface area (Å²) in [4.78, 5) is 16.5. The molecule has 0 spiro atoms. The predicted molar refractivity (Wildman–Crippen MR) is 87.0 cm³/mol. The van der Waals surface area contributed by atoms with Gasteiger partial charge in [-0.15, -0.1) is 0 Å². The molecule has 5 heteroatoms. The third-order valence-corrected chi connectivity index (χ3v) is 4.38. The van der Waals surface area contributed by atoms with E-state index in [1.165, 1.54) is 0 Å². The summed E-state index contributed by atoms with van der Waals surface area (Å²) in [6.45, 7) is 0.811. The van der Waals surface area contributed by atoms with Gasteiger partial charge in [0.05, 0.1) is 0 Å². The number of aryl methyl sites for hydroxylation is 2. The van der Waals surface area contributed by atoms with Crippen LogP contribution in [0.15, 0.2) is 47.1 Å². The molecule has 0 bridgehead atoms. The number of benzene rings is 1. The molecule has 4 rings (SSSR count). The van der Waals surface area contributed by atoms with E-state index in [1.54, 1.807) is 0 Å². The summed E-state index contributed by atoms with van der Waals surface area (Å²) < 4.78 is 7.87. The van der Waals surface area contributed by atoms with Gasteiger partial charge < -0.3 is 14.3 Å². The van der Waals surface area contributed by atoms with Gasteiger partial charge in [0.2, 0.25) is 5.91 Å². The molecule has 2 aromatic heterocycles. The number of nitrogens with zero attached hydrogens (tertiary/aromatic N) is 2. The highest BCUT2D eigenvalue weighted by molar-refractivity contribution is 5.79. The van der Waals surface area contributed by atoms with Crippen LogP contribution in [0.5, 0.6) is 0 Å². The standard InChI is InChI=1S/C18H19N3O2/c22-18(20-14-5-7-17-19-9-10-21(17)12-14)8-6-15-11-13-3-1-2-4-16(13)23-15/h1-4,9-11,14H,5-8,12H2,(H,20,22)/t14-/m0/s1. The smallest absolute Gasteiger partial charge is 0.220 e. The minimum Gasteiger partial charge on any atom is -0.461 e. The van der Waals surface area contributed by atoms with Crippen molar-refractivity contribution in [1.29, 1.82) is 0 Å². The highest BCUT2D eigenvalue weighted by Gasteiger charge is 2.20. The molecular formula is C18H19N3O2. The maximum absolute atomic E-state index is 12.2. The van der Waals surface area contributed by atoms with E-state index in [9.17, 15) is 4.79 Å². The fraction of sp³-hybridized carbons (Fsp3) is 0.333. The highest BCUT2D eigenvalue weighted by Crippen LogP contribution is 2.20. The van der Waals surface area contributed by atoms with Crippen LogP contribution in [-0.2, 0) is 24.2 Å². The molecule has 1 amide bonds. The van der Waals surface area contributed by atoms with E-state index in [1.807, 2.05) is 42.7 Å². The quantitative estimate of drug-likeness (QED) is 0.806. The van der Waals surface area contributed by atoms with E-state index >= 15 is 0 Å². The van der Waals surface area contributed by atoms with E-state index in [0.717, 1.165) is 41.9 Å². The molecule has 1 aliphatic heterocycles. The average molecular weight is 309 g/mol. The number of carbonyl (C=O) groups is 1. The van der Waals surface area contributed by atoms with E-state index in [4.69, 9.17) is 4.42 Å². The fourth-order valence-corrected chi connectivity index (χ4v) is 3.18. The first kappa shape index (κ1) is 14.1. The molecule has 118 valence electrons. The largest absolute Gasteiger partial charge is 0.461 e. The van der Waals surface area contributed by atoms with Gasteiger partial charge in [-0.2, -0.15) is 0 Å². The summed E-state index contributed by atoms with van der Waals surface area (Å²) >= 11 is 0. The summed E-state index contributed by atoms with van der Waals surface area (Å²) in [6, 6.07) is 10.1. The molecule has 5 nitrogen and oxygen atoms in total. The third kappa shape index (κ3) is 2.99. The van der Waals surface area contributed by atoms with Gasteiger partial charge in [-0.05, 0) is 18.6 Å². The van der Waals surface area contributed by atoms with Crippen molar-refractivity contribution < 1.29 is 9.21 Å². The number of para-hydroxylation sites is 1. The first-order valence-corrected chi connectivity index (χ1v) is 8.05. The Morgan fingerprint density at radius 2 is 2.30 bits per heavy atom. The Kier molecular flexibility index (Phi) is 3.61. The molecule has 1 N–H and O–H groups in total. The molecule has 1 aromatic carbocycles. The molecular weight excluding hydrogens is 290 g/mol. The molecule has 1 aliphatic rings. The summed E-state index contributed by atoms with van der Waals surface area (Å²) in [7, 11) is 0. The van der Waals surface area contributed by atoms with Crippen molar-refractivity contribution in [2.45, 2.75) is 38.3 Å². The number of furan rings is 1. The SMILES string of the molecule is O=C(CCc1cc2ccccc2o1)N[C@H]1CCc2nccn2C1. The van der Waals surface area contributed by atoms with Gasteiger partial charge >= 0.3 is 0 Å². The number of carbonyl (C=O) groups excluding carboxylic acids is 1. The molecule has 0 fully saturated rings. The first-order valence-electron chi connectivity index (χ1n) is 8.05. The normalized spacial score (nSPS) is 17.1. The van der Waals surface area contributed by atoms with Crippen LogP contribution in [0.25, 0.3) is 11.0 Å². The first-order chi connectivity index (χ1) is 11.3. The number of hydrogen-bond donors (Lipinski definition) is 1. The summed E-state index contributed by atoms with van der Waals surface area (Å²) in [5.41, 5.74) is 0.878. The van der Waals surface area contributed by atoms with E-state index in [2.05, 4.69) is 14.9 Å². The molecule has 23 heavy (non-hydrogen) atoms. The highest BCUT2D eigenvalue weighted by atomic mass is 16.3. The Morgan fingerprint density at radius 3 is 3.22 bits per heavy atom. The molecule has 0 saturated carbocycles.